The fourth-order valence-electron chi connectivity index (χ4n) is 0.832. The summed E-state index contributed by atoms with van der Waals surface area (Å²) in [5.74, 6) is -0.379. The molecule has 1 aromatic rings. The molecule has 0 aliphatic heterocycles. The highest BCUT2D eigenvalue weighted by molar-refractivity contribution is 7.10. The van der Waals surface area contributed by atoms with Crippen molar-refractivity contribution in [3.05, 3.63) is 22.2 Å². The lowest BCUT2D eigenvalue weighted by Crippen LogP contribution is -2.04. The van der Waals surface area contributed by atoms with Crippen molar-refractivity contribution in [3.63, 3.8) is 0 Å². The molecule has 1 aromatic heterocycles. The van der Waals surface area contributed by atoms with Crippen molar-refractivity contribution in [2.75, 3.05) is 13.2 Å². The lowest BCUT2D eigenvalue weighted by atomic mass is 10.5. The van der Waals surface area contributed by atoms with E-state index in [9.17, 15) is 4.79 Å². The van der Waals surface area contributed by atoms with Crippen LogP contribution in [0.5, 0.6) is 0 Å². The van der Waals surface area contributed by atoms with E-state index < -0.39 is 0 Å². The van der Waals surface area contributed by atoms with Crippen LogP contribution in [0.15, 0.2) is 11.5 Å². The van der Waals surface area contributed by atoms with Crippen molar-refractivity contribution >= 4 is 23.4 Å². The largest absolute Gasteiger partial charge is 0.461 e. The highest BCUT2D eigenvalue weighted by Gasteiger charge is 2.09. The molecule has 0 spiro atoms. The smallest absolute Gasteiger partial charge is 0.357 e. The number of ether oxygens (including phenoxy) is 1. The van der Waals surface area contributed by atoms with Gasteiger partial charge in [-0.2, -0.15) is 0 Å². The van der Waals surface area contributed by atoms with Crippen molar-refractivity contribution in [1.82, 2.24) is 4.98 Å². The van der Waals surface area contributed by atoms with Gasteiger partial charge in [-0.1, -0.05) is 6.08 Å². The molecule has 0 amide bonds. The van der Waals surface area contributed by atoms with Gasteiger partial charge in [-0.15, -0.1) is 11.3 Å². The number of nitrogens with two attached hydrogens (primary N) is 1. The summed E-state index contributed by atoms with van der Waals surface area (Å²) in [6.45, 7) is 2.60. The predicted molar refractivity (Wildman–Crippen MR) is 56.2 cm³/mol. The average molecular weight is 212 g/mol. The lowest BCUT2D eigenvalue weighted by molar-refractivity contribution is 0.0520. The highest BCUT2D eigenvalue weighted by Crippen LogP contribution is 2.12. The third-order valence-electron chi connectivity index (χ3n) is 1.40. The Balaban J connectivity index is 2.67. The van der Waals surface area contributed by atoms with Crippen LogP contribution in [-0.4, -0.2) is 24.1 Å². The molecular weight excluding hydrogens is 200 g/mol. The Hall–Kier alpha value is -1.20. The number of hydrogen-bond acceptors (Lipinski definition) is 5. The average Bonchev–Trinajstić information content (AvgIpc) is 2.63. The van der Waals surface area contributed by atoms with Crippen molar-refractivity contribution in [2.45, 2.75) is 6.92 Å². The molecule has 1 heterocycles. The molecule has 0 saturated heterocycles. The molecule has 0 aliphatic carbocycles. The van der Waals surface area contributed by atoms with E-state index in [-0.39, 0.29) is 5.97 Å². The Morgan fingerprint density at radius 2 is 2.57 bits per heavy atom. The maximum Gasteiger partial charge on any atom is 0.357 e. The fraction of sp³-hybridized carbons (Fsp3) is 0.333. The van der Waals surface area contributed by atoms with Gasteiger partial charge in [0.25, 0.3) is 0 Å². The van der Waals surface area contributed by atoms with Crippen molar-refractivity contribution in [3.8, 4) is 0 Å². The molecule has 0 aliphatic rings. The molecule has 0 atom stereocenters. The number of nitrogens with zero attached hydrogens (tertiary/aromatic N) is 1. The molecular formula is C9H12N2O2S. The zero-order valence-electron chi connectivity index (χ0n) is 7.90. The molecule has 0 saturated carbocycles. The topological polar surface area (TPSA) is 65.2 Å². The second-order valence-corrected chi connectivity index (χ2v) is 3.32. The van der Waals surface area contributed by atoms with Crippen LogP contribution in [0.3, 0.4) is 0 Å². The third kappa shape index (κ3) is 2.93. The maximum absolute atomic E-state index is 11.2. The molecule has 1 rings (SSSR count). The number of esters is 1. The van der Waals surface area contributed by atoms with Crippen molar-refractivity contribution < 1.29 is 9.53 Å². The molecule has 0 radical (unpaired) electrons. The zero-order valence-corrected chi connectivity index (χ0v) is 8.71. The summed E-state index contributed by atoms with van der Waals surface area (Å²) >= 11 is 1.39. The van der Waals surface area contributed by atoms with E-state index in [1.807, 2.05) is 0 Å². The van der Waals surface area contributed by atoms with Gasteiger partial charge in [0.1, 0.15) is 5.01 Å². The fourth-order valence-corrected chi connectivity index (χ4v) is 1.54. The van der Waals surface area contributed by atoms with Gasteiger partial charge in [0, 0.05) is 11.9 Å². The van der Waals surface area contributed by atoms with Gasteiger partial charge >= 0.3 is 5.97 Å². The number of hydrogen-bond donors (Lipinski definition) is 1. The standard InChI is InChI=1S/C9H12N2O2S/c1-2-13-9(12)7-6-14-8(11-7)4-3-5-10/h3-4,6H,2,5,10H2,1H3. The number of carbonyl (C=O) groups excluding carboxylic acids is 1. The number of carbonyl (C=O) groups is 1. The van der Waals surface area contributed by atoms with Crippen LogP contribution in [0.25, 0.3) is 6.08 Å². The summed E-state index contributed by atoms with van der Waals surface area (Å²) in [5, 5.41) is 2.44. The van der Waals surface area contributed by atoms with E-state index in [4.69, 9.17) is 10.5 Å². The second kappa shape index (κ2) is 5.51. The molecule has 2 N–H and O–H groups in total. The van der Waals surface area contributed by atoms with Crippen LogP contribution in [0.2, 0.25) is 0 Å². The van der Waals surface area contributed by atoms with Gasteiger partial charge in [0.15, 0.2) is 5.69 Å². The number of aromatic nitrogens is 1. The summed E-state index contributed by atoms with van der Waals surface area (Å²) in [7, 11) is 0. The predicted octanol–water partition coefficient (Wildman–Crippen LogP) is 1.29. The molecule has 14 heavy (non-hydrogen) atoms. The first kappa shape index (κ1) is 10.9. The van der Waals surface area contributed by atoms with Crippen LogP contribution in [0.1, 0.15) is 22.4 Å². The normalized spacial score (nSPS) is 10.7. The molecule has 0 fully saturated rings. The maximum atomic E-state index is 11.2. The number of rotatable bonds is 4. The number of thiazole rings is 1. The zero-order chi connectivity index (χ0) is 10.4. The van der Waals surface area contributed by atoms with E-state index in [2.05, 4.69) is 4.98 Å². The lowest BCUT2D eigenvalue weighted by Gasteiger charge is -1.95. The summed E-state index contributed by atoms with van der Waals surface area (Å²) in [4.78, 5) is 15.3. The van der Waals surface area contributed by atoms with Crippen LogP contribution in [0, 0.1) is 0 Å². The van der Waals surface area contributed by atoms with Gasteiger partial charge in [-0.3, -0.25) is 0 Å². The molecule has 0 aromatic carbocycles. The first-order chi connectivity index (χ1) is 6.77. The van der Waals surface area contributed by atoms with Gasteiger partial charge in [0.05, 0.1) is 6.61 Å². The summed E-state index contributed by atoms with van der Waals surface area (Å²) < 4.78 is 4.80. The van der Waals surface area contributed by atoms with E-state index in [1.54, 1.807) is 24.5 Å². The molecule has 4 nitrogen and oxygen atoms in total. The quantitative estimate of drug-likeness (QED) is 0.764. The SMILES string of the molecule is CCOC(=O)c1csc(C=CCN)n1. The van der Waals surface area contributed by atoms with Crippen molar-refractivity contribution in [2.24, 2.45) is 5.73 Å². The summed E-state index contributed by atoms with van der Waals surface area (Å²) in [5.41, 5.74) is 5.64. The molecule has 76 valence electrons. The highest BCUT2D eigenvalue weighted by atomic mass is 32.1. The Bertz CT molecular complexity index is 333. The van der Waals surface area contributed by atoms with Crippen molar-refractivity contribution in [1.29, 1.82) is 0 Å². The second-order valence-electron chi connectivity index (χ2n) is 2.43. The minimum Gasteiger partial charge on any atom is -0.461 e. The van der Waals surface area contributed by atoms with Crippen LogP contribution in [-0.2, 0) is 4.74 Å². The third-order valence-corrected chi connectivity index (χ3v) is 2.21. The molecule has 5 heteroatoms. The van der Waals surface area contributed by atoms with Crippen LogP contribution in [0.4, 0.5) is 0 Å². The minimum absolute atomic E-state index is 0.355. The van der Waals surface area contributed by atoms with Gasteiger partial charge in [-0.05, 0) is 13.0 Å². The van der Waals surface area contributed by atoms with E-state index >= 15 is 0 Å². The van der Waals surface area contributed by atoms with Gasteiger partial charge < -0.3 is 10.5 Å². The Morgan fingerprint density at radius 3 is 3.21 bits per heavy atom. The monoisotopic (exact) mass is 212 g/mol. The molecule has 0 bridgehead atoms. The van der Waals surface area contributed by atoms with Gasteiger partial charge in [-0.25, -0.2) is 9.78 Å². The van der Waals surface area contributed by atoms with E-state index in [0.717, 1.165) is 5.01 Å². The Kier molecular flexibility index (Phi) is 4.28. The van der Waals surface area contributed by atoms with Crippen LogP contribution >= 0.6 is 11.3 Å². The van der Waals surface area contributed by atoms with E-state index in [0.29, 0.717) is 18.8 Å². The summed E-state index contributed by atoms with van der Waals surface area (Å²) in [6, 6.07) is 0. The first-order valence-corrected chi connectivity index (χ1v) is 5.15. The Labute approximate surface area is 86.4 Å². The van der Waals surface area contributed by atoms with E-state index in [1.165, 1.54) is 11.3 Å². The minimum atomic E-state index is -0.379. The van der Waals surface area contributed by atoms with Crippen LogP contribution < -0.4 is 5.73 Å². The Morgan fingerprint density at radius 1 is 1.79 bits per heavy atom. The van der Waals surface area contributed by atoms with Gasteiger partial charge in [0.2, 0.25) is 0 Å². The molecule has 0 unspecified atom stereocenters. The summed E-state index contributed by atoms with van der Waals surface area (Å²) in [6.07, 6.45) is 3.57. The first-order valence-electron chi connectivity index (χ1n) is 4.27.